The molecule has 1 fully saturated rings. The van der Waals surface area contributed by atoms with Gasteiger partial charge in [0, 0.05) is 12.6 Å². The van der Waals surface area contributed by atoms with Crippen LogP contribution in [0.15, 0.2) is 12.3 Å². The molecule has 9 heavy (non-hydrogen) atoms. The zero-order chi connectivity index (χ0) is 6.10. The Bertz CT molecular complexity index is 125. The van der Waals surface area contributed by atoms with E-state index in [0.717, 1.165) is 6.04 Å². The van der Waals surface area contributed by atoms with E-state index in [9.17, 15) is 0 Å². The summed E-state index contributed by atoms with van der Waals surface area (Å²) in [4.78, 5) is 2.49. The maximum absolute atomic E-state index is 2.49. The Hall–Kier alpha value is -0.460. The van der Waals surface area contributed by atoms with Crippen molar-refractivity contribution < 1.29 is 0 Å². The Morgan fingerprint density at radius 3 is 2.78 bits per heavy atom. The normalized spacial score (nSPS) is 26.9. The van der Waals surface area contributed by atoms with Crippen LogP contribution in [-0.4, -0.2) is 17.5 Å². The summed E-state index contributed by atoms with van der Waals surface area (Å²) in [6.07, 6.45) is 10.1. The lowest BCUT2D eigenvalue weighted by atomic mass is 10.2. The van der Waals surface area contributed by atoms with E-state index in [-0.39, 0.29) is 0 Å². The number of nitrogens with zero attached hydrogens (tertiary/aromatic N) is 1. The largest absolute Gasteiger partial charge is 0.375 e. The minimum absolute atomic E-state index is 0.932. The number of hydrogen-bond acceptors (Lipinski definition) is 1. The van der Waals surface area contributed by atoms with Crippen molar-refractivity contribution in [2.45, 2.75) is 31.7 Å². The van der Waals surface area contributed by atoms with Gasteiger partial charge in [0.05, 0.1) is 0 Å². The molecular formula is C8H13N. The summed E-state index contributed by atoms with van der Waals surface area (Å²) in [6, 6.07) is 0.932. The van der Waals surface area contributed by atoms with E-state index in [2.05, 4.69) is 17.2 Å². The molecule has 0 saturated heterocycles. The van der Waals surface area contributed by atoms with Crippen molar-refractivity contribution in [3.63, 3.8) is 0 Å². The SMILES string of the molecule is C1=CN(C2CC2)CCC1. The van der Waals surface area contributed by atoms with Gasteiger partial charge in [-0.15, -0.1) is 0 Å². The Morgan fingerprint density at radius 1 is 1.33 bits per heavy atom. The molecule has 1 heteroatoms. The van der Waals surface area contributed by atoms with Crippen molar-refractivity contribution in [2.24, 2.45) is 0 Å². The third-order valence-corrected chi connectivity index (χ3v) is 2.10. The average Bonchev–Trinajstić information content (AvgIpc) is 2.71. The van der Waals surface area contributed by atoms with Gasteiger partial charge in [0.15, 0.2) is 0 Å². The fraction of sp³-hybridized carbons (Fsp3) is 0.750. The second-order valence-corrected chi connectivity index (χ2v) is 3.00. The molecular weight excluding hydrogens is 110 g/mol. The van der Waals surface area contributed by atoms with Gasteiger partial charge >= 0.3 is 0 Å². The molecule has 0 spiro atoms. The Balaban J connectivity index is 1.94. The van der Waals surface area contributed by atoms with Crippen molar-refractivity contribution in [3.8, 4) is 0 Å². The van der Waals surface area contributed by atoms with Crippen LogP contribution in [0.5, 0.6) is 0 Å². The van der Waals surface area contributed by atoms with Gasteiger partial charge in [0.2, 0.25) is 0 Å². The smallest absolute Gasteiger partial charge is 0.0285 e. The van der Waals surface area contributed by atoms with Gasteiger partial charge in [-0.3, -0.25) is 0 Å². The van der Waals surface area contributed by atoms with Crippen LogP contribution in [0, 0.1) is 0 Å². The quantitative estimate of drug-likeness (QED) is 0.513. The molecule has 0 aromatic carbocycles. The topological polar surface area (TPSA) is 3.24 Å². The molecule has 1 aliphatic heterocycles. The third-order valence-electron chi connectivity index (χ3n) is 2.10. The molecule has 0 amide bonds. The van der Waals surface area contributed by atoms with Gasteiger partial charge in [-0.1, -0.05) is 6.08 Å². The molecule has 50 valence electrons. The monoisotopic (exact) mass is 123 g/mol. The molecule has 0 N–H and O–H groups in total. The average molecular weight is 123 g/mol. The molecule has 0 bridgehead atoms. The molecule has 0 unspecified atom stereocenters. The summed E-state index contributed by atoms with van der Waals surface area (Å²) in [5.41, 5.74) is 0. The van der Waals surface area contributed by atoms with Crippen molar-refractivity contribution in [1.82, 2.24) is 4.90 Å². The van der Waals surface area contributed by atoms with Crippen molar-refractivity contribution in [3.05, 3.63) is 12.3 Å². The van der Waals surface area contributed by atoms with Crippen molar-refractivity contribution >= 4 is 0 Å². The highest BCUT2D eigenvalue weighted by Gasteiger charge is 2.26. The highest BCUT2D eigenvalue weighted by molar-refractivity contribution is 4.96. The van der Waals surface area contributed by atoms with E-state index in [4.69, 9.17) is 0 Å². The second kappa shape index (κ2) is 2.05. The molecule has 0 atom stereocenters. The number of hydrogen-bond donors (Lipinski definition) is 0. The van der Waals surface area contributed by atoms with Crippen LogP contribution in [-0.2, 0) is 0 Å². The summed E-state index contributed by atoms with van der Waals surface area (Å²) in [5, 5.41) is 0. The third kappa shape index (κ3) is 1.09. The predicted octanol–water partition coefficient (Wildman–Crippen LogP) is 1.76. The fourth-order valence-corrected chi connectivity index (χ4v) is 1.39. The molecule has 1 heterocycles. The first-order valence-corrected chi connectivity index (χ1v) is 3.89. The highest BCUT2D eigenvalue weighted by Crippen LogP contribution is 2.28. The molecule has 1 saturated carbocycles. The van der Waals surface area contributed by atoms with Crippen LogP contribution in [0.4, 0.5) is 0 Å². The minimum atomic E-state index is 0.932. The minimum Gasteiger partial charge on any atom is -0.375 e. The van der Waals surface area contributed by atoms with Crippen LogP contribution in [0.1, 0.15) is 25.7 Å². The Morgan fingerprint density at radius 2 is 2.22 bits per heavy atom. The summed E-state index contributed by atoms with van der Waals surface area (Å²) >= 11 is 0. The molecule has 2 aliphatic rings. The fourth-order valence-electron chi connectivity index (χ4n) is 1.39. The van der Waals surface area contributed by atoms with E-state index in [1.807, 2.05) is 0 Å². The Labute approximate surface area is 56.4 Å². The van der Waals surface area contributed by atoms with Crippen LogP contribution in [0.3, 0.4) is 0 Å². The highest BCUT2D eigenvalue weighted by atomic mass is 15.2. The molecule has 0 aromatic heterocycles. The van der Waals surface area contributed by atoms with Gasteiger partial charge in [0.25, 0.3) is 0 Å². The van der Waals surface area contributed by atoms with E-state index < -0.39 is 0 Å². The standard InChI is InChI=1S/C8H13N/c1-2-6-9(7-3-1)8-4-5-8/h2,6,8H,1,3-5,7H2. The lowest BCUT2D eigenvalue weighted by molar-refractivity contribution is 0.346. The van der Waals surface area contributed by atoms with Crippen LogP contribution >= 0.6 is 0 Å². The van der Waals surface area contributed by atoms with Crippen molar-refractivity contribution in [1.29, 1.82) is 0 Å². The summed E-state index contributed by atoms with van der Waals surface area (Å²) in [6.45, 7) is 1.31. The molecule has 1 nitrogen and oxygen atoms in total. The first-order valence-electron chi connectivity index (χ1n) is 3.89. The second-order valence-electron chi connectivity index (χ2n) is 3.00. The van der Waals surface area contributed by atoms with Gasteiger partial charge < -0.3 is 4.90 Å². The van der Waals surface area contributed by atoms with Crippen LogP contribution in [0.2, 0.25) is 0 Å². The van der Waals surface area contributed by atoms with Gasteiger partial charge in [0.1, 0.15) is 0 Å². The van der Waals surface area contributed by atoms with E-state index in [0.29, 0.717) is 0 Å². The first-order chi connectivity index (χ1) is 4.47. The van der Waals surface area contributed by atoms with Gasteiger partial charge in [-0.2, -0.15) is 0 Å². The van der Waals surface area contributed by atoms with E-state index in [1.165, 1.54) is 32.2 Å². The van der Waals surface area contributed by atoms with Crippen LogP contribution < -0.4 is 0 Å². The van der Waals surface area contributed by atoms with E-state index in [1.54, 1.807) is 0 Å². The van der Waals surface area contributed by atoms with Gasteiger partial charge in [-0.05, 0) is 31.9 Å². The molecule has 0 aromatic rings. The summed E-state index contributed by atoms with van der Waals surface area (Å²) in [5.74, 6) is 0. The molecule has 2 rings (SSSR count). The lowest BCUT2D eigenvalue weighted by Gasteiger charge is -2.22. The predicted molar refractivity (Wildman–Crippen MR) is 38.1 cm³/mol. The zero-order valence-corrected chi connectivity index (χ0v) is 5.71. The maximum atomic E-state index is 2.49. The van der Waals surface area contributed by atoms with Crippen LogP contribution in [0.25, 0.3) is 0 Å². The van der Waals surface area contributed by atoms with E-state index >= 15 is 0 Å². The van der Waals surface area contributed by atoms with Crippen molar-refractivity contribution in [2.75, 3.05) is 6.54 Å². The van der Waals surface area contributed by atoms with Gasteiger partial charge in [-0.25, -0.2) is 0 Å². The summed E-state index contributed by atoms with van der Waals surface area (Å²) in [7, 11) is 0. The lowest BCUT2D eigenvalue weighted by Crippen LogP contribution is -2.22. The Kier molecular flexibility index (Phi) is 1.22. The molecule has 0 radical (unpaired) electrons. The molecule has 1 aliphatic carbocycles. The zero-order valence-electron chi connectivity index (χ0n) is 5.71. The number of rotatable bonds is 1. The summed E-state index contributed by atoms with van der Waals surface area (Å²) < 4.78 is 0. The number of allylic oxidation sites excluding steroid dienone is 1. The maximum Gasteiger partial charge on any atom is 0.0285 e. The first kappa shape index (κ1) is 5.33.